The molecule has 1 aliphatic carbocycles. The molecule has 0 aliphatic heterocycles. The van der Waals surface area contributed by atoms with Gasteiger partial charge in [0.05, 0.1) is 13.2 Å². The third-order valence-electron chi connectivity index (χ3n) is 4.31. The highest BCUT2D eigenvalue weighted by Gasteiger charge is 2.20. The zero-order valence-electron chi connectivity index (χ0n) is 16.4. The number of rotatable bonds is 8. The highest BCUT2D eigenvalue weighted by Crippen LogP contribution is 2.40. The van der Waals surface area contributed by atoms with E-state index in [-0.39, 0.29) is 0 Å². The van der Waals surface area contributed by atoms with E-state index in [9.17, 15) is 0 Å². The first-order chi connectivity index (χ1) is 12.5. The van der Waals surface area contributed by atoms with Crippen molar-refractivity contribution < 1.29 is 9.47 Å². The van der Waals surface area contributed by atoms with Gasteiger partial charge in [-0.3, -0.25) is 0 Å². The van der Waals surface area contributed by atoms with Crippen molar-refractivity contribution in [3.63, 3.8) is 0 Å². The Balaban J connectivity index is 1.75. The second-order valence-electron chi connectivity index (χ2n) is 7.94. The molecule has 0 saturated heterocycles. The number of hydrogen-bond donors (Lipinski definition) is 0. The maximum Gasteiger partial charge on any atom is 0.119 e. The van der Waals surface area contributed by atoms with Gasteiger partial charge in [-0.05, 0) is 65.6 Å². The topological polar surface area (TPSA) is 18.5 Å². The second kappa shape index (κ2) is 8.44. The van der Waals surface area contributed by atoms with E-state index in [1.54, 1.807) is 0 Å². The van der Waals surface area contributed by atoms with Crippen LogP contribution in [-0.4, -0.2) is 13.2 Å². The molecule has 0 radical (unpaired) electrons. The fraction of sp³-hybridized carbons (Fsp3) is 0.417. The molecule has 138 valence electrons. The summed E-state index contributed by atoms with van der Waals surface area (Å²) in [6.45, 7) is 10.2. The summed E-state index contributed by atoms with van der Waals surface area (Å²) in [5.74, 6) is 2.96. The third-order valence-corrected chi connectivity index (χ3v) is 4.31. The van der Waals surface area contributed by atoms with Crippen LogP contribution < -0.4 is 9.47 Å². The first-order valence-corrected chi connectivity index (χ1v) is 9.71. The van der Waals surface area contributed by atoms with Crippen molar-refractivity contribution in [2.24, 2.45) is 11.8 Å². The fourth-order valence-electron chi connectivity index (χ4n) is 2.85. The summed E-state index contributed by atoms with van der Waals surface area (Å²) in [5.41, 5.74) is 5.45. The van der Waals surface area contributed by atoms with Gasteiger partial charge in [-0.2, -0.15) is 0 Å². The van der Waals surface area contributed by atoms with Crippen LogP contribution in [0.15, 0.2) is 54.1 Å². The van der Waals surface area contributed by atoms with Gasteiger partial charge in [-0.15, -0.1) is 0 Å². The summed E-state index contributed by atoms with van der Waals surface area (Å²) in [6, 6.07) is 17.1. The van der Waals surface area contributed by atoms with E-state index in [0.717, 1.165) is 24.7 Å². The maximum atomic E-state index is 5.81. The Labute approximate surface area is 157 Å². The predicted octanol–water partition coefficient (Wildman–Crippen LogP) is 6.35. The van der Waals surface area contributed by atoms with E-state index in [4.69, 9.17) is 9.47 Å². The molecule has 0 atom stereocenters. The molecule has 3 rings (SSSR count). The molecule has 0 heterocycles. The average Bonchev–Trinajstić information content (AvgIpc) is 3.45. The van der Waals surface area contributed by atoms with Gasteiger partial charge in [0.15, 0.2) is 0 Å². The molecule has 0 bridgehead atoms. The third kappa shape index (κ3) is 5.14. The van der Waals surface area contributed by atoms with Crippen molar-refractivity contribution in [2.75, 3.05) is 13.2 Å². The molecule has 26 heavy (non-hydrogen) atoms. The zero-order chi connectivity index (χ0) is 18.5. The lowest BCUT2D eigenvalue weighted by molar-refractivity contribution is 0.271. The van der Waals surface area contributed by atoms with Crippen LogP contribution in [0, 0.1) is 11.8 Å². The van der Waals surface area contributed by atoms with Crippen LogP contribution in [0.1, 0.15) is 51.7 Å². The highest BCUT2D eigenvalue weighted by atomic mass is 16.5. The highest BCUT2D eigenvalue weighted by molar-refractivity contribution is 5.84. The molecule has 2 nitrogen and oxygen atoms in total. The van der Waals surface area contributed by atoms with Crippen molar-refractivity contribution in [1.82, 2.24) is 0 Å². The van der Waals surface area contributed by atoms with E-state index in [1.165, 1.54) is 35.1 Å². The smallest absolute Gasteiger partial charge is 0.119 e. The molecule has 1 saturated carbocycles. The minimum absolute atomic E-state index is 0.537. The second-order valence-corrected chi connectivity index (χ2v) is 7.94. The van der Waals surface area contributed by atoms with Crippen molar-refractivity contribution in [2.45, 2.75) is 40.5 Å². The average molecular weight is 351 g/mol. The SMILES string of the molecule is CC(C)COc1ccc(C(=C2CC2)c2ccc(OCC(C)C)cc2)cc1. The number of allylic oxidation sites excluding steroid dienone is 1. The Hall–Kier alpha value is -2.22. The largest absolute Gasteiger partial charge is 0.493 e. The normalized spacial score (nSPS) is 13.2. The van der Waals surface area contributed by atoms with E-state index >= 15 is 0 Å². The van der Waals surface area contributed by atoms with Crippen molar-refractivity contribution in [3.05, 3.63) is 65.2 Å². The summed E-state index contributed by atoms with van der Waals surface area (Å²) >= 11 is 0. The lowest BCUT2D eigenvalue weighted by Crippen LogP contribution is -2.04. The molecule has 0 spiro atoms. The van der Waals surface area contributed by atoms with Gasteiger partial charge in [0.2, 0.25) is 0 Å². The van der Waals surface area contributed by atoms with Gasteiger partial charge in [0, 0.05) is 0 Å². The van der Waals surface area contributed by atoms with Gasteiger partial charge in [-0.1, -0.05) is 57.5 Å². The molecule has 0 amide bonds. The standard InChI is InChI=1S/C24H30O2/c1-17(2)15-25-22-11-7-20(8-12-22)24(19-5-6-19)21-9-13-23(14-10-21)26-16-18(3)4/h7-14,17-18H,5-6,15-16H2,1-4H3. The monoisotopic (exact) mass is 350 g/mol. The lowest BCUT2D eigenvalue weighted by atomic mass is 9.96. The number of benzene rings is 2. The van der Waals surface area contributed by atoms with Crippen LogP contribution in [0.5, 0.6) is 11.5 Å². The summed E-state index contributed by atoms with van der Waals surface area (Å²) in [7, 11) is 0. The zero-order valence-corrected chi connectivity index (χ0v) is 16.4. The Morgan fingerprint density at radius 1 is 0.692 bits per heavy atom. The van der Waals surface area contributed by atoms with Gasteiger partial charge < -0.3 is 9.47 Å². The van der Waals surface area contributed by atoms with Crippen LogP contribution in [0.2, 0.25) is 0 Å². The first kappa shape index (κ1) is 18.6. The van der Waals surface area contributed by atoms with Crippen LogP contribution in [0.3, 0.4) is 0 Å². The van der Waals surface area contributed by atoms with Gasteiger partial charge in [0.1, 0.15) is 11.5 Å². The van der Waals surface area contributed by atoms with Crippen molar-refractivity contribution in [1.29, 1.82) is 0 Å². The molecule has 2 heteroatoms. The van der Waals surface area contributed by atoms with E-state index in [1.807, 2.05) is 0 Å². The molecule has 1 aliphatic rings. The van der Waals surface area contributed by atoms with E-state index in [2.05, 4.69) is 76.2 Å². The predicted molar refractivity (Wildman–Crippen MR) is 109 cm³/mol. The first-order valence-electron chi connectivity index (χ1n) is 9.71. The summed E-state index contributed by atoms with van der Waals surface area (Å²) in [6.07, 6.45) is 2.40. The Morgan fingerprint density at radius 2 is 1.08 bits per heavy atom. The molecular weight excluding hydrogens is 320 g/mol. The maximum absolute atomic E-state index is 5.81. The minimum atomic E-state index is 0.537. The van der Waals surface area contributed by atoms with Crippen LogP contribution in [-0.2, 0) is 0 Å². The molecule has 1 fully saturated rings. The fourth-order valence-corrected chi connectivity index (χ4v) is 2.85. The van der Waals surface area contributed by atoms with Gasteiger partial charge in [0.25, 0.3) is 0 Å². The molecule has 2 aromatic rings. The lowest BCUT2D eigenvalue weighted by Gasteiger charge is -2.13. The van der Waals surface area contributed by atoms with E-state index < -0.39 is 0 Å². The molecule has 0 N–H and O–H groups in total. The quantitative estimate of drug-likeness (QED) is 0.552. The summed E-state index contributed by atoms with van der Waals surface area (Å²) in [4.78, 5) is 0. The summed E-state index contributed by atoms with van der Waals surface area (Å²) < 4.78 is 11.6. The Bertz CT molecular complexity index is 673. The van der Waals surface area contributed by atoms with Crippen molar-refractivity contribution in [3.8, 4) is 11.5 Å². The van der Waals surface area contributed by atoms with Gasteiger partial charge >= 0.3 is 0 Å². The minimum Gasteiger partial charge on any atom is -0.493 e. The number of hydrogen-bond acceptors (Lipinski definition) is 2. The van der Waals surface area contributed by atoms with Crippen molar-refractivity contribution >= 4 is 5.57 Å². The Kier molecular flexibility index (Phi) is 6.03. The van der Waals surface area contributed by atoms with Crippen LogP contribution >= 0.6 is 0 Å². The van der Waals surface area contributed by atoms with Crippen LogP contribution in [0.4, 0.5) is 0 Å². The number of ether oxygens (including phenoxy) is 2. The molecule has 0 unspecified atom stereocenters. The molecule has 0 aromatic heterocycles. The summed E-state index contributed by atoms with van der Waals surface area (Å²) in [5, 5.41) is 0. The van der Waals surface area contributed by atoms with E-state index in [0.29, 0.717) is 11.8 Å². The molecular formula is C24H30O2. The molecule has 2 aromatic carbocycles. The van der Waals surface area contributed by atoms with Crippen LogP contribution in [0.25, 0.3) is 5.57 Å². The van der Waals surface area contributed by atoms with Gasteiger partial charge in [-0.25, -0.2) is 0 Å². The Morgan fingerprint density at radius 3 is 1.38 bits per heavy atom.